The van der Waals surface area contributed by atoms with E-state index in [0.29, 0.717) is 5.15 Å². The Morgan fingerprint density at radius 1 is 1.30 bits per heavy atom. The van der Waals surface area contributed by atoms with E-state index < -0.39 is 0 Å². The van der Waals surface area contributed by atoms with Gasteiger partial charge in [0.2, 0.25) is 0 Å². The number of aromatic nitrogens is 2. The molecule has 3 nitrogen and oxygen atoms in total. The van der Waals surface area contributed by atoms with E-state index in [4.69, 9.17) is 11.6 Å². The minimum Gasteiger partial charge on any atom is -0.363 e. The summed E-state index contributed by atoms with van der Waals surface area (Å²) >= 11 is 9.53. The SMILES string of the molecule is CCCc1nc(Cl)cc(NC(C)c2cccc(Br)c2)n1. The molecule has 2 aromatic rings. The largest absolute Gasteiger partial charge is 0.363 e. The Balaban J connectivity index is 2.16. The second kappa shape index (κ2) is 7.04. The molecule has 1 aromatic heterocycles. The Morgan fingerprint density at radius 3 is 2.80 bits per heavy atom. The van der Waals surface area contributed by atoms with Crippen LogP contribution in [0.15, 0.2) is 34.8 Å². The van der Waals surface area contributed by atoms with Crippen LogP contribution >= 0.6 is 27.5 Å². The smallest absolute Gasteiger partial charge is 0.134 e. The molecule has 0 aliphatic carbocycles. The molecule has 1 N–H and O–H groups in total. The Bertz CT molecular complexity index is 589. The third-order valence-corrected chi connectivity index (χ3v) is 3.61. The van der Waals surface area contributed by atoms with E-state index in [1.165, 1.54) is 5.56 Å². The molecule has 2 rings (SSSR count). The number of halogens is 2. The molecule has 0 spiro atoms. The van der Waals surface area contributed by atoms with Crippen LogP contribution in [0.1, 0.15) is 37.7 Å². The van der Waals surface area contributed by atoms with Crippen LogP contribution in [0.3, 0.4) is 0 Å². The normalized spacial score (nSPS) is 12.2. The van der Waals surface area contributed by atoms with Crippen LogP contribution in [0.5, 0.6) is 0 Å². The van der Waals surface area contributed by atoms with E-state index >= 15 is 0 Å². The van der Waals surface area contributed by atoms with Gasteiger partial charge in [-0.05, 0) is 31.0 Å². The van der Waals surface area contributed by atoms with Crippen LogP contribution in [-0.2, 0) is 6.42 Å². The van der Waals surface area contributed by atoms with Crippen molar-refractivity contribution in [3.05, 3.63) is 51.3 Å². The molecule has 20 heavy (non-hydrogen) atoms. The lowest BCUT2D eigenvalue weighted by Crippen LogP contribution is -2.09. The molecule has 0 fully saturated rings. The van der Waals surface area contributed by atoms with Crippen molar-refractivity contribution in [2.24, 2.45) is 0 Å². The van der Waals surface area contributed by atoms with E-state index in [1.54, 1.807) is 6.07 Å². The second-order valence-electron chi connectivity index (χ2n) is 4.66. The number of rotatable bonds is 5. The molecule has 0 amide bonds. The molecule has 0 radical (unpaired) electrons. The highest BCUT2D eigenvalue weighted by Crippen LogP contribution is 2.22. The number of hydrogen-bond donors (Lipinski definition) is 1. The van der Waals surface area contributed by atoms with Crippen molar-refractivity contribution in [2.75, 3.05) is 5.32 Å². The molecular formula is C15H17BrClN3. The van der Waals surface area contributed by atoms with Gasteiger partial charge in [-0.3, -0.25) is 0 Å². The molecule has 1 unspecified atom stereocenters. The summed E-state index contributed by atoms with van der Waals surface area (Å²) in [6, 6.07) is 10.1. The summed E-state index contributed by atoms with van der Waals surface area (Å²) in [5, 5.41) is 3.85. The van der Waals surface area contributed by atoms with Crippen LogP contribution in [-0.4, -0.2) is 9.97 Å². The molecule has 5 heteroatoms. The Kier molecular flexibility index (Phi) is 5.38. The topological polar surface area (TPSA) is 37.8 Å². The van der Waals surface area contributed by atoms with Crippen LogP contribution < -0.4 is 5.32 Å². The summed E-state index contributed by atoms with van der Waals surface area (Å²) in [7, 11) is 0. The molecule has 1 atom stereocenters. The third kappa shape index (κ3) is 4.18. The van der Waals surface area contributed by atoms with Crippen molar-refractivity contribution >= 4 is 33.3 Å². The Labute approximate surface area is 132 Å². The van der Waals surface area contributed by atoms with Gasteiger partial charge in [-0.25, -0.2) is 9.97 Å². The lowest BCUT2D eigenvalue weighted by molar-refractivity contribution is 0.819. The van der Waals surface area contributed by atoms with Gasteiger partial charge in [0.25, 0.3) is 0 Å². The van der Waals surface area contributed by atoms with Gasteiger partial charge in [0.15, 0.2) is 0 Å². The summed E-state index contributed by atoms with van der Waals surface area (Å²) in [5.74, 6) is 1.55. The van der Waals surface area contributed by atoms with Crippen molar-refractivity contribution in [1.82, 2.24) is 9.97 Å². The monoisotopic (exact) mass is 353 g/mol. The molecule has 106 valence electrons. The lowest BCUT2D eigenvalue weighted by atomic mass is 10.1. The predicted octanol–water partition coefficient (Wildman–Crippen LogP) is 5.02. The minimum atomic E-state index is 0.146. The summed E-state index contributed by atoms with van der Waals surface area (Å²) < 4.78 is 1.07. The molecule has 0 aliphatic heterocycles. The average molecular weight is 355 g/mol. The average Bonchev–Trinajstić information content (AvgIpc) is 2.38. The molecule has 0 saturated heterocycles. The molecule has 0 bridgehead atoms. The zero-order valence-electron chi connectivity index (χ0n) is 11.5. The predicted molar refractivity (Wildman–Crippen MR) is 87.2 cm³/mol. The lowest BCUT2D eigenvalue weighted by Gasteiger charge is -2.16. The number of nitrogens with one attached hydrogen (secondary N) is 1. The molecule has 0 saturated carbocycles. The number of nitrogens with zero attached hydrogens (tertiary/aromatic N) is 2. The first-order chi connectivity index (χ1) is 9.58. The first-order valence-corrected chi connectivity index (χ1v) is 7.81. The highest BCUT2D eigenvalue weighted by molar-refractivity contribution is 9.10. The quantitative estimate of drug-likeness (QED) is 0.766. The fourth-order valence-electron chi connectivity index (χ4n) is 1.96. The van der Waals surface area contributed by atoms with E-state index in [0.717, 1.165) is 29.0 Å². The van der Waals surface area contributed by atoms with Gasteiger partial charge in [-0.15, -0.1) is 0 Å². The van der Waals surface area contributed by atoms with Gasteiger partial charge in [0, 0.05) is 23.0 Å². The van der Waals surface area contributed by atoms with Crippen molar-refractivity contribution in [3.63, 3.8) is 0 Å². The van der Waals surface area contributed by atoms with Crippen LogP contribution in [0.25, 0.3) is 0 Å². The first kappa shape index (κ1) is 15.3. The Hall–Kier alpha value is -1.13. The van der Waals surface area contributed by atoms with Crippen molar-refractivity contribution < 1.29 is 0 Å². The van der Waals surface area contributed by atoms with E-state index in [-0.39, 0.29) is 6.04 Å². The summed E-state index contributed by atoms with van der Waals surface area (Å²) in [4.78, 5) is 8.72. The summed E-state index contributed by atoms with van der Waals surface area (Å²) in [6.07, 6.45) is 1.83. The first-order valence-electron chi connectivity index (χ1n) is 6.64. The molecule has 1 heterocycles. The number of hydrogen-bond acceptors (Lipinski definition) is 3. The van der Waals surface area contributed by atoms with Gasteiger partial charge in [0.05, 0.1) is 0 Å². The zero-order valence-corrected chi connectivity index (χ0v) is 13.9. The second-order valence-corrected chi connectivity index (χ2v) is 5.97. The van der Waals surface area contributed by atoms with Gasteiger partial charge in [-0.2, -0.15) is 0 Å². The maximum Gasteiger partial charge on any atom is 0.134 e. The van der Waals surface area contributed by atoms with Crippen molar-refractivity contribution in [2.45, 2.75) is 32.7 Å². The van der Waals surface area contributed by atoms with E-state index in [1.807, 2.05) is 12.1 Å². The van der Waals surface area contributed by atoms with Crippen molar-refractivity contribution in [1.29, 1.82) is 0 Å². The third-order valence-electron chi connectivity index (χ3n) is 2.93. The number of aryl methyl sites for hydroxylation is 1. The number of anilines is 1. The molecule has 0 aliphatic rings. The summed E-state index contributed by atoms with van der Waals surface area (Å²) in [6.45, 7) is 4.19. The van der Waals surface area contributed by atoms with Crippen LogP contribution in [0.4, 0.5) is 5.82 Å². The van der Waals surface area contributed by atoms with Crippen LogP contribution in [0.2, 0.25) is 5.15 Å². The zero-order chi connectivity index (χ0) is 14.5. The standard InChI is InChI=1S/C15H17BrClN3/c1-3-5-14-19-13(17)9-15(20-14)18-10(2)11-6-4-7-12(16)8-11/h4,6-10H,3,5H2,1-2H3,(H,18,19,20). The van der Waals surface area contributed by atoms with Crippen LogP contribution in [0, 0.1) is 0 Å². The number of benzene rings is 1. The van der Waals surface area contributed by atoms with Gasteiger partial charge >= 0.3 is 0 Å². The fourth-order valence-corrected chi connectivity index (χ4v) is 2.57. The molecule has 1 aromatic carbocycles. The van der Waals surface area contributed by atoms with Gasteiger partial charge in [0.1, 0.15) is 16.8 Å². The minimum absolute atomic E-state index is 0.146. The van der Waals surface area contributed by atoms with Gasteiger partial charge < -0.3 is 5.32 Å². The van der Waals surface area contributed by atoms with Crippen molar-refractivity contribution in [3.8, 4) is 0 Å². The van der Waals surface area contributed by atoms with E-state index in [2.05, 4.69) is 57.2 Å². The maximum atomic E-state index is 6.04. The maximum absolute atomic E-state index is 6.04. The van der Waals surface area contributed by atoms with E-state index in [9.17, 15) is 0 Å². The highest BCUT2D eigenvalue weighted by atomic mass is 79.9. The van der Waals surface area contributed by atoms with Gasteiger partial charge in [-0.1, -0.05) is 46.6 Å². The fraction of sp³-hybridized carbons (Fsp3) is 0.333. The summed E-state index contributed by atoms with van der Waals surface area (Å²) in [5.41, 5.74) is 1.19. The Morgan fingerprint density at radius 2 is 2.10 bits per heavy atom. The molecular weight excluding hydrogens is 338 g/mol. The highest BCUT2D eigenvalue weighted by Gasteiger charge is 2.08.